The molecule has 3 aromatic carbocycles. The Morgan fingerprint density at radius 3 is 1.89 bits per heavy atom. The van der Waals surface area contributed by atoms with Crippen LogP contribution in [0.25, 0.3) is 22.3 Å². The first kappa shape index (κ1) is 30.8. The molecule has 11 N–H and O–H groups in total. The number of ether oxygens (including phenoxy) is 3. The van der Waals surface area contributed by atoms with Gasteiger partial charge in [0.2, 0.25) is 17.5 Å². The molecular weight excluding hydrogens is 608 g/mol. The van der Waals surface area contributed by atoms with Crippen LogP contribution in [0.5, 0.6) is 51.7 Å². The minimum atomic E-state index is -1.92. The van der Waals surface area contributed by atoms with Gasteiger partial charge in [-0.2, -0.15) is 0 Å². The van der Waals surface area contributed by atoms with Gasteiger partial charge in [0.05, 0.1) is 5.56 Å². The quantitative estimate of drug-likeness (QED) is 0.0995. The Kier molecular flexibility index (Phi) is 7.86. The van der Waals surface area contributed by atoms with Crippen molar-refractivity contribution in [2.45, 2.75) is 30.7 Å². The average Bonchev–Trinajstić information content (AvgIpc) is 2.99. The highest BCUT2D eigenvalue weighted by molar-refractivity contribution is 5.91. The van der Waals surface area contributed by atoms with Gasteiger partial charge in [-0.3, -0.25) is 4.79 Å². The van der Waals surface area contributed by atoms with E-state index in [0.29, 0.717) is 0 Å². The van der Waals surface area contributed by atoms with Crippen LogP contribution in [0.3, 0.4) is 0 Å². The summed E-state index contributed by atoms with van der Waals surface area (Å²) in [5, 5.41) is 110. The fourth-order valence-corrected chi connectivity index (χ4v) is 4.51. The molecule has 1 fully saturated rings. The predicted molar refractivity (Wildman–Crippen MR) is 145 cm³/mol. The Labute approximate surface area is 249 Å². The zero-order valence-electron chi connectivity index (χ0n) is 22.4. The van der Waals surface area contributed by atoms with Crippen molar-refractivity contribution < 1.29 is 79.6 Å². The van der Waals surface area contributed by atoms with E-state index in [0.717, 1.165) is 36.4 Å². The van der Waals surface area contributed by atoms with Crippen molar-refractivity contribution >= 4 is 16.9 Å². The van der Waals surface area contributed by atoms with Gasteiger partial charge in [0, 0.05) is 17.7 Å². The van der Waals surface area contributed by atoms with E-state index in [-0.39, 0.29) is 11.3 Å². The van der Waals surface area contributed by atoms with Crippen molar-refractivity contribution in [1.82, 2.24) is 0 Å². The number of aliphatic hydroxyl groups is 3. The Hall–Kier alpha value is -5.62. The zero-order chi connectivity index (χ0) is 32.9. The molecule has 1 saturated heterocycles. The molecule has 0 aliphatic carbocycles. The number of hydrogen-bond donors (Lipinski definition) is 11. The smallest absolute Gasteiger partial charge is 0.338 e. The molecule has 0 spiro atoms. The van der Waals surface area contributed by atoms with Gasteiger partial charge in [-0.05, 0) is 24.3 Å². The van der Waals surface area contributed by atoms with E-state index in [1.54, 1.807) is 0 Å². The molecule has 5 atom stereocenters. The van der Waals surface area contributed by atoms with Crippen LogP contribution in [0, 0.1) is 0 Å². The zero-order valence-corrected chi connectivity index (χ0v) is 22.4. The molecule has 2 heterocycles. The number of hydrogen-bond acceptors (Lipinski definition) is 17. The first-order chi connectivity index (χ1) is 21.2. The van der Waals surface area contributed by atoms with Crippen molar-refractivity contribution in [3.63, 3.8) is 0 Å². The largest absolute Gasteiger partial charge is 0.507 e. The first-order valence-corrected chi connectivity index (χ1v) is 12.7. The van der Waals surface area contributed by atoms with E-state index in [4.69, 9.17) is 18.6 Å². The van der Waals surface area contributed by atoms with E-state index < -0.39 is 117 Å². The number of aliphatic hydroxyl groups excluding tert-OH is 3. The molecule has 0 saturated carbocycles. The number of rotatable bonds is 6. The fraction of sp³-hybridized carbons (Fsp3) is 0.214. The lowest BCUT2D eigenvalue weighted by molar-refractivity contribution is -0.277. The molecule has 45 heavy (non-hydrogen) atoms. The Morgan fingerprint density at radius 2 is 1.29 bits per heavy atom. The molecule has 1 aromatic heterocycles. The van der Waals surface area contributed by atoms with E-state index in [1.165, 1.54) is 0 Å². The number of esters is 1. The summed E-state index contributed by atoms with van der Waals surface area (Å²) in [6.07, 6.45) is -8.97. The molecule has 0 bridgehead atoms. The van der Waals surface area contributed by atoms with Gasteiger partial charge in [-0.25, -0.2) is 4.79 Å². The summed E-state index contributed by atoms with van der Waals surface area (Å²) in [6, 6.07) is 5.23. The van der Waals surface area contributed by atoms with Gasteiger partial charge in [0.25, 0.3) is 0 Å². The molecule has 17 nitrogen and oxygen atoms in total. The lowest BCUT2D eigenvalue weighted by atomic mass is 9.99. The van der Waals surface area contributed by atoms with Crippen molar-refractivity contribution in [1.29, 1.82) is 0 Å². The molecule has 1 aliphatic heterocycles. The number of phenolic OH excluding ortho intramolecular Hbond substituents is 7. The van der Waals surface area contributed by atoms with Gasteiger partial charge in [0.1, 0.15) is 53.5 Å². The summed E-state index contributed by atoms with van der Waals surface area (Å²) in [6.45, 7) is -0.751. The lowest BCUT2D eigenvalue weighted by Gasteiger charge is -2.39. The number of carbonyl (C=O) groups excluding carboxylic acids is 1. The molecule has 4 aromatic rings. The summed E-state index contributed by atoms with van der Waals surface area (Å²) >= 11 is 0. The van der Waals surface area contributed by atoms with E-state index in [1.807, 2.05) is 0 Å². The summed E-state index contributed by atoms with van der Waals surface area (Å²) < 4.78 is 21.6. The Bertz CT molecular complexity index is 1820. The van der Waals surface area contributed by atoms with Gasteiger partial charge >= 0.3 is 5.97 Å². The summed E-state index contributed by atoms with van der Waals surface area (Å²) in [4.78, 5) is 25.2. The molecule has 0 radical (unpaired) electrons. The van der Waals surface area contributed by atoms with E-state index in [2.05, 4.69) is 0 Å². The standard InChI is InChI=1S/C28H24O17/c29-11-5-10(6-16-18(11)22(37)24(39)26(44-16)8-1-12(30)19(34)13(31)2-8)43-28-25(40)23(38)21(36)17(45-28)7-42-27(41)9-3-14(32)20(35)15(33)4-9/h1-6,17,21,23,25,28-36,38-40H,7H2/t17-,21-,23+,25-,28-/m1/s1. The van der Waals surface area contributed by atoms with E-state index >= 15 is 0 Å². The fourth-order valence-electron chi connectivity index (χ4n) is 4.51. The van der Waals surface area contributed by atoms with Crippen LogP contribution < -0.4 is 10.2 Å². The molecule has 0 amide bonds. The number of fused-ring (bicyclic) bond motifs is 1. The Morgan fingerprint density at radius 1 is 0.711 bits per heavy atom. The van der Waals surface area contributed by atoms with Crippen LogP contribution in [0.15, 0.2) is 45.6 Å². The molecule has 17 heteroatoms. The number of benzene rings is 3. The summed E-state index contributed by atoms with van der Waals surface area (Å²) in [5.74, 6) is -8.86. The molecule has 238 valence electrons. The van der Waals surface area contributed by atoms with Crippen LogP contribution in [0.1, 0.15) is 10.4 Å². The highest BCUT2D eigenvalue weighted by Gasteiger charge is 2.45. The van der Waals surface area contributed by atoms with Crippen LogP contribution in [0.2, 0.25) is 0 Å². The van der Waals surface area contributed by atoms with Crippen LogP contribution in [0.4, 0.5) is 0 Å². The number of aromatic hydroxyl groups is 8. The van der Waals surface area contributed by atoms with Crippen molar-refractivity contribution in [3.8, 4) is 63.1 Å². The van der Waals surface area contributed by atoms with Crippen molar-refractivity contribution in [2.24, 2.45) is 0 Å². The third-order valence-electron chi connectivity index (χ3n) is 6.86. The third-order valence-corrected chi connectivity index (χ3v) is 6.86. The summed E-state index contributed by atoms with van der Waals surface area (Å²) in [7, 11) is 0. The van der Waals surface area contributed by atoms with Crippen molar-refractivity contribution in [2.75, 3.05) is 6.61 Å². The topological polar surface area (TPSA) is 298 Å². The van der Waals surface area contributed by atoms with Gasteiger partial charge in [0.15, 0.2) is 40.3 Å². The second-order valence-electron chi connectivity index (χ2n) is 9.88. The van der Waals surface area contributed by atoms with Gasteiger partial charge in [-0.1, -0.05) is 0 Å². The van der Waals surface area contributed by atoms with E-state index in [9.17, 15) is 65.8 Å². The van der Waals surface area contributed by atoms with Gasteiger partial charge in [-0.15, -0.1) is 0 Å². The predicted octanol–water partition coefficient (Wildman–Crippen LogP) is 0.148. The first-order valence-electron chi connectivity index (χ1n) is 12.7. The maximum atomic E-state index is 12.8. The van der Waals surface area contributed by atoms with Crippen LogP contribution in [-0.4, -0.2) is 99.5 Å². The van der Waals surface area contributed by atoms with Crippen molar-refractivity contribution in [3.05, 3.63) is 52.2 Å². The molecule has 0 unspecified atom stereocenters. The van der Waals surface area contributed by atoms with Crippen LogP contribution in [-0.2, 0) is 9.47 Å². The maximum Gasteiger partial charge on any atom is 0.338 e. The highest BCUT2D eigenvalue weighted by Crippen LogP contribution is 2.42. The number of phenols is 7. The third kappa shape index (κ3) is 5.58. The summed E-state index contributed by atoms with van der Waals surface area (Å²) in [5.41, 5.74) is -2.18. The lowest BCUT2D eigenvalue weighted by Crippen LogP contribution is -2.60. The monoisotopic (exact) mass is 632 g/mol. The normalized spacial score (nSPS) is 21.4. The minimum absolute atomic E-state index is 0.247. The minimum Gasteiger partial charge on any atom is -0.507 e. The Balaban J connectivity index is 1.41. The second-order valence-corrected chi connectivity index (χ2v) is 9.88. The average molecular weight is 632 g/mol. The maximum absolute atomic E-state index is 12.8. The second kappa shape index (κ2) is 11.5. The SMILES string of the molecule is O=C(OC[C@H]1O[C@@H](Oc2cc(O)c3c(=O)c(O)c(-c4cc(O)c(O)c(O)c4)oc3c2)[C@H](O)[C@@H](O)[C@@H]1O)c1cc(O)c(O)c(O)c1. The number of carbonyl (C=O) groups is 1. The van der Waals surface area contributed by atoms with Crippen LogP contribution >= 0.6 is 0 Å². The molecule has 5 rings (SSSR count). The molecular formula is C28H24O17. The van der Waals surface area contributed by atoms with Gasteiger partial charge < -0.3 is 74.8 Å². The molecule has 1 aliphatic rings. The highest BCUT2D eigenvalue weighted by atomic mass is 16.7.